The van der Waals surface area contributed by atoms with E-state index in [4.69, 9.17) is 28.4 Å². The second-order valence-corrected chi connectivity index (χ2v) is 17.3. The maximum absolute atomic E-state index is 14.5. The summed E-state index contributed by atoms with van der Waals surface area (Å²) in [5.41, 5.74) is -2.47. The molecule has 3 rings (SSSR count). The summed E-state index contributed by atoms with van der Waals surface area (Å²) < 4.78 is 202. The molecule has 0 aromatic carbocycles. The fraction of sp³-hybridized carbons (Fsp3) is 0.971. The molecule has 0 aromatic rings. The van der Waals surface area contributed by atoms with E-state index in [-0.39, 0.29) is 18.7 Å². The smallest absolute Gasteiger partial charge is 0.384 e. The van der Waals surface area contributed by atoms with Gasteiger partial charge in [0.05, 0.1) is 39.6 Å². The quantitative estimate of drug-likeness (QED) is 0.0321. The van der Waals surface area contributed by atoms with Gasteiger partial charge in [0.15, 0.2) is 18.9 Å². The van der Waals surface area contributed by atoms with Crippen molar-refractivity contribution in [2.24, 2.45) is 0 Å². The van der Waals surface area contributed by atoms with Crippen LogP contribution in [0, 0.1) is 0 Å². The summed E-state index contributed by atoms with van der Waals surface area (Å²) in [5.74, 6) is -46.1. The molecule has 0 saturated carbocycles. The summed E-state index contributed by atoms with van der Waals surface area (Å²) in [6, 6.07) is 0. The van der Waals surface area contributed by atoms with Gasteiger partial charge in [-0.25, -0.2) is 0 Å². The number of alkyl halides is 12. The lowest BCUT2D eigenvalue weighted by atomic mass is 9.90. The van der Waals surface area contributed by atoms with E-state index >= 15 is 0 Å². The van der Waals surface area contributed by atoms with Crippen molar-refractivity contribution < 1.29 is 147 Å². The van der Waals surface area contributed by atoms with Crippen LogP contribution in [-0.2, 0) is 33.2 Å². The Hall–Kier alpha value is -1.74. The zero-order valence-electron chi connectivity index (χ0n) is 35.1. The lowest BCUT2D eigenvalue weighted by Gasteiger charge is -2.44. The van der Waals surface area contributed by atoms with Crippen molar-refractivity contribution >= 4 is 17.7 Å². The first-order chi connectivity index (χ1) is 31.2. The van der Waals surface area contributed by atoms with Gasteiger partial charge in [-0.1, -0.05) is 6.92 Å². The van der Waals surface area contributed by atoms with Crippen LogP contribution in [0.2, 0.25) is 0 Å². The second-order valence-electron chi connectivity index (χ2n) is 16.0. The van der Waals surface area contributed by atoms with Crippen LogP contribution >= 0.6 is 11.8 Å². The third-order valence-electron chi connectivity index (χ3n) is 11.1. The summed E-state index contributed by atoms with van der Waals surface area (Å²) in [4.78, 5) is 13.5. The highest BCUT2D eigenvalue weighted by molar-refractivity contribution is 7.99. The van der Waals surface area contributed by atoms with Gasteiger partial charge in [-0.15, -0.1) is 0 Å². The van der Waals surface area contributed by atoms with Gasteiger partial charge in [-0.05, 0) is 5.75 Å². The van der Waals surface area contributed by atoms with Gasteiger partial charge in [0.25, 0.3) is 0 Å². The van der Waals surface area contributed by atoms with Crippen LogP contribution in [-0.4, -0.2) is 252 Å². The monoisotopic (exact) mass is 1050 g/mol. The standard InChI is InChI=1S/C35H53F12NO19S/c1-2-30(36,37)32(40,41)34(44,45)35(46,47)33(42,43)31(38,39)4-6-68-5-3-16(52)48-29(10-62-26-23(59)20(56)17(53)13(7-49)65-26,11-63-27-24(60)21(57)18(54)14(8-50)66-27)12-64-28-25(61)22(58)19(55)15(9-51)67-28/h13-15,17-28,49-51,53-61H,2-12H2,1H3,(H,48,52)/t13-,14-,15-,17-,18-,19-,20+,21+,22+,23-,24-,25-,26-,27-,28-/m1/s1. The molecule has 68 heavy (non-hydrogen) atoms. The van der Waals surface area contributed by atoms with Crippen LogP contribution in [0.4, 0.5) is 52.7 Å². The molecule has 3 aliphatic heterocycles. The van der Waals surface area contributed by atoms with Gasteiger partial charge < -0.3 is 95.0 Å². The number of ether oxygens (including phenoxy) is 6. The molecular formula is C35H53F12NO19S. The Balaban J connectivity index is 1.91. The zero-order valence-corrected chi connectivity index (χ0v) is 35.9. The van der Waals surface area contributed by atoms with Crippen LogP contribution < -0.4 is 5.32 Å². The number of hydrogen-bond donors (Lipinski definition) is 13. The Morgan fingerprint density at radius 3 is 1.13 bits per heavy atom. The zero-order chi connectivity index (χ0) is 52.2. The third kappa shape index (κ3) is 12.4. The number of carbonyl (C=O) groups is 1. The average molecular weight is 1050 g/mol. The number of amides is 1. The molecule has 13 N–H and O–H groups in total. The molecule has 0 unspecified atom stereocenters. The Morgan fingerprint density at radius 2 is 0.824 bits per heavy atom. The molecule has 1 amide bonds. The van der Waals surface area contributed by atoms with Crippen LogP contribution in [0.15, 0.2) is 0 Å². The van der Waals surface area contributed by atoms with E-state index in [9.17, 15) is 119 Å². The lowest BCUT2D eigenvalue weighted by Crippen LogP contribution is -2.70. The number of hydrogen-bond acceptors (Lipinski definition) is 20. The lowest BCUT2D eigenvalue weighted by molar-refractivity contribution is -0.425. The van der Waals surface area contributed by atoms with Crippen molar-refractivity contribution in [1.29, 1.82) is 0 Å². The van der Waals surface area contributed by atoms with Gasteiger partial charge in [0.2, 0.25) is 5.91 Å². The van der Waals surface area contributed by atoms with Crippen LogP contribution in [0.25, 0.3) is 0 Å². The third-order valence-corrected chi connectivity index (χ3v) is 12.1. The molecule has 0 radical (unpaired) electrons. The van der Waals surface area contributed by atoms with Crippen molar-refractivity contribution in [2.75, 3.05) is 51.1 Å². The molecule has 15 atom stereocenters. The van der Waals surface area contributed by atoms with Crippen molar-refractivity contribution in [3.63, 3.8) is 0 Å². The number of halogens is 12. The number of aliphatic hydroxyl groups excluding tert-OH is 12. The van der Waals surface area contributed by atoms with E-state index in [1.54, 1.807) is 0 Å². The van der Waals surface area contributed by atoms with Crippen LogP contribution in [0.5, 0.6) is 0 Å². The Kier molecular flexibility index (Phi) is 20.9. The van der Waals surface area contributed by atoms with E-state index in [0.717, 1.165) is 0 Å². The molecule has 402 valence electrons. The molecule has 0 spiro atoms. The first-order valence-corrected chi connectivity index (χ1v) is 21.3. The summed E-state index contributed by atoms with van der Waals surface area (Å²) in [5, 5.41) is 124. The summed E-state index contributed by atoms with van der Waals surface area (Å²) >= 11 is 0.0475. The fourth-order valence-corrected chi connectivity index (χ4v) is 7.57. The second kappa shape index (κ2) is 23.4. The molecule has 0 aromatic heterocycles. The highest BCUT2D eigenvalue weighted by Gasteiger charge is 2.89. The van der Waals surface area contributed by atoms with E-state index in [2.05, 4.69) is 5.32 Å². The van der Waals surface area contributed by atoms with Gasteiger partial charge in [-0.3, -0.25) is 4.79 Å². The van der Waals surface area contributed by atoms with E-state index in [1.165, 1.54) is 0 Å². The maximum atomic E-state index is 14.5. The molecule has 0 aliphatic carbocycles. The SMILES string of the molecule is CCC(F)(F)C(F)(F)C(F)(F)C(F)(F)C(F)(F)C(F)(F)CCSCCC(=O)NC(CO[C@@H]1O[C@H](CO)[C@@H](O)[C@H](O)[C@H]1O)(CO[C@@H]1O[C@H](CO)[C@@H](O)[C@H](O)[C@H]1O)CO[C@@H]1O[C@H](CO)[C@@H](O)[C@H](O)[C@H]1O. The molecule has 3 fully saturated rings. The summed E-state index contributed by atoms with van der Waals surface area (Å²) in [7, 11) is 0. The van der Waals surface area contributed by atoms with E-state index in [0.29, 0.717) is 0 Å². The minimum Gasteiger partial charge on any atom is -0.394 e. The molecular weight excluding hydrogens is 998 g/mol. The van der Waals surface area contributed by atoms with Gasteiger partial charge in [0.1, 0.15) is 78.8 Å². The Morgan fingerprint density at radius 1 is 0.500 bits per heavy atom. The van der Waals surface area contributed by atoms with Crippen molar-refractivity contribution in [2.45, 2.75) is 159 Å². The molecule has 3 heterocycles. The fourth-order valence-electron chi connectivity index (χ4n) is 6.63. The van der Waals surface area contributed by atoms with Gasteiger partial charge >= 0.3 is 35.5 Å². The van der Waals surface area contributed by atoms with Crippen LogP contribution in [0.3, 0.4) is 0 Å². The largest absolute Gasteiger partial charge is 0.394 e. The first-order valence-electron chi connectivity index (χ1n) is 20.1. The van der Waals surface area contributed by atoms with Crippen LogP contribution in [0.1, 0.15) is 26.2 Å². The van der Waals surface area contributed by atoms with Crippen molar-refractivity contribution in [3.05, 3.63) is 0 Å². The average Bonchev–Trinajstić information content (AvgIpc) is 3.27. The molecule has 3 saturated heterocycles. The Bertz CT molecular complexity index is 1500. The predicted molar refractivity (Wildman–Crippen MR) is 197 cm³/mol. The minimum absolute atomic E-state index is 0.0475. The summed E-state index contributed by atoms with van der Waals surface area (Å²) in [6.45, 7) is -6.39. The number of rotatable bonds is 25. The van der Waals surface area contributed by atoms with Crippen molar-refractivity contribution in [1.82, 2.24) is 5.32 Å². The van der Waals surface area contributed by atoms with E-state index in [1.807, 2.05) is 0 Å². The van der Waals surface area contributed by atoms with Crippen molar-refractivity contribution in [3.8, 4) is 0 Å². The number of carbonyl (C=O) groups excluding carboxylic acids is 1. The maximum Gasteiger partial charge on any atom is 0.384 e. The highest BCUT2D eigenvalue weighted by Crippen LogP contribution is 2.61. The Labute approximate surface area is 380 Å². The minimum atomic E-state index is -7.79. The van der Waals surface area contributed by atoms with E-state index < -0.39 is 210 Å². The highest BCUT2D eigenvalue weighted by atomic mass is 32.2. The number of nitrogens with one attached hydrogen (secondary N) is 1. The van der Waals surface area contributed by atoms with Gasteiger partial charge in [-0.2, -0.15) is 64.4 Å². The molecule has 33 heteroatoms. The number of aliphatic hydroxyl groups is 12. The van der Waals surface area contributed by atoms with Gasteiger partial charge in [0, 0.05) is 25.0 Å². The summed E-state index contributed by atoms with van der Waals surface area (Å²) in [6.07, 6.45) is -35.5. The predicted octanol–water partition coefficient (Wildman–Crippen LogP) is -2.97. The topological polar surface area (TPSA) is 327 Å². The molecule has 0 bridgehead atoms. The molecule has 3 aliphatic rings. The number of thioether (sulfide) groups is 1. The normalized spacial score (nSPS) is 34.0. The molecule has 20 nitrogen and oxygen atoms in total. The first kappa shape index (κ1) is 60.6.